The third kappa shape index (κ3) is 1.79. The summed E-state index contributed by atoms with van der Waals surface area (Å²) in [6.07, 6.45) is 4.07. The molecule has 1 aromatic heterocycles. The minimum absolute atomic E-state index is 0.0303. The maximum atomic E-state index is 12.3. The quantitative estimate of drug-likeness (QED) is 0.675. The monoisotopic (exact) mass is 288 g/mol. The van der Waals surface area contributed by atoms with Gasteiger partial charge < -0.3 is 9.88 Å². The van der Waals surface area contributed by atoms with Crippen molar-refractivity contribution in [2.24, 2.45) is 7.05 Å². The highest BCUT2D eigenvalue weighted by Gasteiger charge is 2.25. The van der Waals surface area contributed by atoms with Gasteiger partial charge in [-0.2, -0.15) is 0 Å². The smallest absolute Gasteiger partial charge is 0.256 e. The Hall–Kier alpha value is -2.81. The van der Waals surface area contributed by atoms with Crippen LogP contribution in [0.15, 0.2) is 48.7 Å². The molecule has 3 heteroatoms. The number of anilines is 1. The zero-order valence-electron chi connectivity index (χ0n) is 12.6. The van der Waals surface area contributed by atoms with Gasteiger partial charge in [0.05, 0.1) is 0 Å². The largest absolute Gasteiger partial charge is 0.350 e. The van der Waals surface area contributed by atoms with Gasteiger partial charge in [0.25, 0.3) is 5.91 Å². The van der Waals surface area contributed by atoms with E-state index < -0.39 is 0 Å². The van der Waals surface area contributed by atoms with E-state index >= 15 is 0 Å². The van der Waals surface area contributed by atoms with Crippen molar-refractivity contribution in [3.63, 3.8) is 0 Å². The van der Waals surface area contributed by atoms with Crippen molar-refractivity contribution in [3.05, 3.63) is 65.4 Å². The van der Waals surface area contributed by atoms with E-state index in [0.717, 1.165) is 38.9 Å². The van der Waals surface area contributed by atoms with E-state index in [1.54, 1.807) is 0 Å². The molecule has 0 saturated carbocycles. The van der Waals surface area contributed by atoms with Crippen LogP contribution in [0.1, 0.15) is 16.7 Å². The van der Waals surface area contributed by atoms with Crippen LogP contribution in [0.2, 0.25) is 0 Å². The summed E-state index contributed by atoms with van der Waals surface area (Å²) in [4.78, 5) is 12.3. The molecule has 1 aliphatic rings. The maximum Gasteiger partial charge on any atom is 0.256 e. The molecule has 0 spiro atoms. The van der Waals surface area contributed by atoms with Gasteiger partial charge in [-0.15, -0.1) is 0 Å². The summed E-state index contributed by atoms with van der Waals surface area (Å²) in [6.45, 7) is 2.04. The zero-order chi connectivity index (χ0) is 15.3. The molecule has 22 heavy (non-hydrogen) atoms. The average molecular weight is 288 g/mol. The normalized spacial score (nSPS) is 15.4. The van der Waals surface area contributed by atoms with Crippen LogP contribution in [0.4, 0.5) is 5.69 Å². The number of hydrogen-bond acceptors (Lipinski definition) is 1. The van der Waals surface area contributed by atoms with Gasteiger partial charge in [0.15, 0.2) is 0 Å². The van der Waals surface area contributed by atoms with E-state index in [9.17, 15) is 4.79 Å². The van der Waals surface area contributed by atoms with Gasteiger partial charge in [-0.25, -0.2) is 0 Å². The SMILES string of the molecule is Cc1cccc2c1/C(=C/c1cn(C)c3ccccc13)C(=O)N2. The summed E-state index contributed by atoms with van der Waals surface area (Å²) in [5.74, 6) is -0.0303. The molecule has 4 rings (SSSR count). The van der Waals surface area contributed by atoms with Crippen LogP contribution in [0.25, 0.3) is 22.6 Å². The predicted octanol–water partition coefficient (Wildman–Crippen LogP) is 3.98. The van der Waals surface area contributed by atoms with Gasteiger partial charge in [0.2, 0.25) is 0 Å². The minimum Gasteiger partial charge on any atom is -0.350 e. The van der Waals surface area contributed by atoms with Gasteiger partial charge in [-0.05, 0) is 30.7 Å². The number of fused-ring (bicyclic) bond motifs is 2. The van der Waals surface area contributed by atoms with Gasteiger partial charge in [-0.1, -0.05) is 30.3 Å². The van der Waals surface area contributed by atoms with Crippen molar-refractivity contribution in [2.45, 2.75) is 6.92 Å². The van der Waals surface area contributed by atoms with Crippen LogP contribution in [-0.2, 0) is 11.8 Å². The molecule has 108 valence electrons. The Morgan fingerprint density at radius 3 is 2.77 bits per heavy atom. The van der Waals surface area contributed by atoms with Gasteiger partial charge >= 0.3 is 0 Å². The van der Waals surface area contributed by atoms with Crippen molar-refractivity contribution in [2.75, 3.05) is 5.32 Å². The van der Waals surface area contributed by atoms with Crippen molar-refractivity contribution in [1.29, 1.82) is 0 Å². The number of nitrogens with one attached hydrogen (secondary N) is 1. The molecule has 0 fully saturated rings. The molecule has 0 radical (unpaired) electrons. The zero-order valence-corrected chi connectivity index (χ0v) is 12.6. The van der Waals surface area contributed by atoms with Crippen LogP contribution >= 0.6 is 0 Å². The van der Waals surface area contributed by atoms with E-state index in [1.165, 1.54) is 0 Å². The van der Waals surface area contributed by atoms with Crippen molar-refractivity contribution in [3.8, 4) is 0 Å². The maximum absolute atomic E-state index is 12.3. The lowest BCUT2D eigenvalue weighted by molar-refractivity contribution is -0.110. The molecule has 0 unspecified atom stereocenters. The average Bonchev–Trinajstić information content (AvgIpc) is 2.99. The first kappa shape index (κ1) is 12.9. The number of hydrogen-bond donors (Lipinski definition) is 1. The van der Waals surface area contributed by atoms with E-state index in [2.05, 4.69) is 28.2 Å². The number of para-hydroxylation sites is 1. The molecule has 2 aromatic carbocycles. The third-order valence-electron chi connectivity index (χ3n) is 4.26. The number of benzene rings is 2. The Balaban J connectivity index is 1.95. The molecule has 3 aromatic rings. The molecule has 0 atom stereocenters. The lowest BCUT2D eigenvalue weighted by Gasteiger charge is -2.02. The van der Waals surface area contributed by atoms with Crippen LogP contribution in [-0.4, -0.2) is 10.5 Å². The number of aryl methyl sites for hydroxylation is 2. The molecule has 3 nitrogen and oxygen atoms in total. The molecular weight excluding hydrogens is 272 g/mol. The van der Waals surface area contributed by atoms with Crippen LogP contribution in [0.5, 0.6) is 0 Å². The Kier molecular flexibility index (Phi) is 2.70. The highest BCUT2D eigenvalue weighted by atomic mass is 16.2. The Bertz CT molecular complexity index is 947. The van der Waals surface area contributed by atoms with Crippen LogP contribution in [0, 0.1) is 6.92 Å². The first-order valence-corrected chi connectivity index (χ1v) is 7.32. The number of carbonyl (C=O) groups excluding carboxylic acids is 1. The van der Waals surface area contributed by atoms with Crippen molar-refractivity contribution >= 4 is 34.1 Å². The summed E-state index contributed by atoms with van der Waals surface area (Å²) in [5.41, 5.74) is 6.00. The fraction of sp³-hybridized carbons (Fsp3) is 0.105. The van der Waals surface area contributed by atoms with Crippen molar-refractivity contribution in [1.82, 2.24) is 4.57 Å². The highest BCUT2D eigenvalue weighted by Crippen LogP contribution is 2.36. The van der Waals surface area contributed by atoms with E-state index in [4.69, 9.17) is 0 Å². The summed E-state index contributed by atoms with van der Waals surface area (Å²) in [6, 6.07) is 14.2. The van der Waals surface area contributed by atoms with E-state index in [1.807, 2.05) is 50.4 Å². The van der Waals surface area contributed by atoms with E-state index in [-0.39, 0.29) is 5.91 Å². The number of carbonyl (C=O) groups is 1. The van der Waals surface area contributed by atoms with Gasteiger partial charge in [0.1, 0.15) is 0 Å². The number of nitrogens with zero attached hydrogens (tertiary/aromatic N) is 1. The molecule has 0 aliphatic carbocycles. The Morgan fingerprint density at radius 1 is 1.09 bits per heavy atom. The first-order valence-electron chi connectivity index (χ1n) is 7.32. The molecule has 2 heterocycles. The number of rotatable bonds is 1. The molecule has 1 amide bonds. The molecular formula is C19H16N2O. The molecule has 0 saturated heterocycles. The third-order valence-corrected chi connectivity index (χ3v) is 4.26. The lowest BCUT2D eigenvalue weighted by Crippen LogP contribution is -2.03. The van der Waals surface area contributed by atoms with Gasteiger partial charge in [-0.3, -0.25) is 4.79 Å². The number of amides is 1. The van der Waals surface area contributed by atoms with Crippen molar-refractivity contribution < 1.29 is 4.79 Å². The fourth-order valence-corrected chi connectivity index (χ4v) is 3.21. The second-order valence-corrected chi connectivity index (χ2v) is 5.72. The second kappa shape index (κ2) is 4.60. The Labute approximate surface area is 128 Å². The summed E-state index contributed by atoms with van der Waals surface area (Å²) in [7, 11) is 2.03. The Morgan fingerprint density at radius 2 is 1.91 bits per heavy atom. The summed E-state index contributed by atoms with van der Waals surface area (Å²) in [5, 5.41) is 4.11. The second-order valence-electron chi connectivity index (χ2n) is 5.72. The lowest BCUT2D eigenvalue weighted by atomic mass is 9.99. The topological polar surface area (TPSA) is 34.0 Å². The predicted molar refractivity (Wildman–Crippen MR) is 90.6 cm³/mol. The van der Waals surface area contributed by atoms with E-state index in [0.29, 0.717) is 0 Å². The standard InChI is InChI=1S/C19H16N2O/c1-12-6-5-8-16-18(12)15(19(22)20-16)10-13-11-21(2)17-9-4-3-7-14(13)17/h3-11H,1-2H3,(H,20,22)/b15-10-. The highest BCUT2D eigenvalue weighted by molar-refractivity contribution is 6.35. The molecule has 1 N–H and O–H groups in total. The molecule has 1 aliphatic heterocycles. The summed E-state index contributed by atoms with van der Waals surface area (Å²) >= 11 is 0. The summed E-state index contributed by atoms with van der Waals surface area (Å²) < 4.78 is 2.09. The first-order chi connectivity index (χ1) is 10.6. The van der Waals surface area contributed by atoms with Gasteiger partial charge in [0, 0.05) is 46.5 Å². The number of aromatic nitrogens is 1. The van der Waals surface area contributed by atoms with Crippen LogP contribution < -0.4 is 5.32 Å². The fourth-order valence-electron chi connectivity index (χ4n) is 3.21. The minimum atomic E-state index is -0.0303. The molecule has 0 bridgehead atoms. The van der Waals surface area contributed by atoms with Crippen LogP contribution in [0.3, 0.4) is 0 Å².